The fraction of sp³-hybridized carbons (Fsp3) is 0.647. The molecule has 1 aromatic carbocycles. The number of nitrogens with zero attached hydrogens (tertiary/aromatic N) is 2. The van der Waals surface area contributed by atoms with E-state index in [1.165, 1.54) is 57.4 Å². The molecule has 1 saturated carbocycles. The van der Waals surface area contributed by atoms with Crippen molar-refractivity contribution in [2.45, 2.75) is 44.3 Å². The van der Waals surface area contributed by atoms with Gasteiger partial charge in [0.25, 0.3) is 0 Å². The van der Waals surface area contributed by atoms with E-state index in [0.29, 0.717) is 12.1 Å². The largest absolute Gasteiger partial charge is 0.326 e. The van der Waals surface area contributed by atoms with E-state index in [-0.39, 0.29) is 0 Å². The number of hydrogen-bond acceptors (Lipinski definition) is 3. The smallest absolute Gasteiger partial charge is 0.0248 e. The quantitative estimate of drug-likeness (QED) is 0.915. The Morgan fingerprint density at radius 3 is 2.35 bits per heavy atom. The third-order valence-corrected chi connectivity index (χ3v) is 4.91. The highest BCUT2D eigenvalue weighted by Crippen LogP contribution is 2.23. The normalized spacial score (nSPS) is 29.4. The van der Waals surface area contributed by atoms with Crippen molar-refractivity contribution >= 4 is 0 Å². The number of piperazine rings is 1. The van der Waals surface area contributed by atoms with Crippen LogP contribution in [0.25, 0.3) is 0 Å². The van der Waals surface area contributed by atoms with Crippen LogP contribution in [-0.2, 0) is 6.54 Å². The maximum absolute atomic E-state index is 6.31. The van der Waals surface area contributed by atoms with Gasteiger partial charge in [0.1, 0.15) is 0 Å². The van der Waals surface area contributed by atoms with Crippen LogP contribution in [0.2, 0.25) is 0 Å². The Kier molecular flexibility index (Phi) is 4.71. The highest BCUT2D eigenvalue weighted by Gasteiger charge is 2.29. The molecule has 1 aliphatic carbocycles. The lowest BCUT2D eigenvalue weighted by Crippen LogP contribution is -2.56. The van der Waals surface area contributed by atoms with Gasteiger partial charge in [-0.05, 0) is 18.4 Å². The molecule has 2 fully saturated rings. The van der Waals surface area contributed by atoms with Gasteiger partial charge in [0.05, 0.1) is 0 Å². The molecule has 0 unspecified atom stereocenters. The maximum Gasteiger partial charge on any atom is 0.0248 e. The molecule has 0 spiro atoms. The molecule has 1 heterocycles. The van der Waals surface area contributed by atoms with Gasteiger partial charge in [-0.15, -0.1) is 0 Å². The molecule has 1 aliphatic heterocycles. The molecule has 3 rings (SSSR count). The van der Waals surface area contributed by atoms with Gasteiger partial charge in [0.15, 0.2) is 0 Å². The van der Waals surface area contributed by atoms with E-state index in [1.807, 2.05) is 0 Å². The Morgan fingerprint density at radius 1 is 0.950 bits per heavy atom. The second kappa shape index (κ2) is 6.70. The van der Waals surface area contributed by atoms with Crippen LogP contribution in [0.1, 0.15) is 31.2 Å². The zero-order valence-corrected chi connectivity index (χ0v) is 12.4. The van der Waals surface area contributed by atoms with E-state index in [2.05, 4.69) is 40.1 Å². The summed E-state index contributed by atoms with van der Waals surface area (Å²) in [5, 5.41) is 0. The fourth-order valence-corrected chi connectivity index (χ4v) is 3.69. The molecule has 1 aromatic rings. The van der Waals surface area contributed by atoms with Crippen LogP contribution < -0.4 is 5.73 Å². The van der Waals surface area contributed by atoms with Crippen LogP contribution in [0.15, 0.2) is 30.3 Å². The van der Waals surface area contributed by atoms with Gasteiger partial charge in [-0.2, -0.15) is 0 Å². The summed E-state index contributed by atoms with van der Waals surface area (Å²) < 4.78 is 0. The lowest BCUT2D eigenvalue weighted by Gasteiger charge is -2.43. The summed E-state index contributed by atoms with van der Waals surface area (Å²) in [7, 11) is 0. The van der Waals surface area contributed by atoms with E-state index in [9.17, 15) is 0 Å². The zero-order chi connectivity index (χ0) is 13.8. The number of nitrogens with two attached hydrogens (primary N) is 1. The van der Waals surface area contributed by atoms with Crippen LogP contribution >= 0.6 is 0 Å². The molecular weight excluding hydrogens is 246 g/mol. The number of benzene rings is 1. The second-order valence-electron chi connectivity index (χ2n) is 6.31. The molecule has 2 aliphatic rings. The van der Waals surface area contributed by atoms with Crippen molar-refractivity contribution in [2.24, 2.45) is 5.73 Å². The summed E-state index contributed by atoms with van der Waals surface area (Å²) in [4.78, 5) is 5.21. The van der Waals surface area contributed by atoms with Gasteiger partial charge in [-0.25, -0.2) is 0 Å². The first-order valence-corrected chi connectivity index (χ1v) is 8.09. The van der Waals surface area contributed by atoms with Crippen molar-refractivity contribution in [3.8, 4) is 0 Å². The van der Waals surface area contributed by atoms with E-state index in [1.54, 1.807) is 0 Å². The Hall–Kier alpha value is -0.900. The zero-order valence-electron chi connectivity index (χ0n) is 12.4. The lowest BCUT2D eigenvalue weighted by atomic mass is 9.89. The predicted molar refractivity (Wildman–Crippen MR) is 83.5 cm³/mol. The van der Waals surface area contributed by atoms with Crippen LogP contribution in [0, 0.1) is 0 Å². The van der Waals surface area contributed by atoms with E-state index >= 15 is 0 Å². The van der Waals surface area contributed by atoms with Crippen LogP contribution in [-0.4, -0.2) is 48.1 Å². The van der Waals surface area contributed by atoms with Gasteiger partial charge < -0.3 is 5.73 Å². The number of rotatable bonds is 3. The first kappa shape index (κ1) is 14.1. The van der Waals surface area contributed by atoms with E-state index < -0.39 is 0 Å². The van der Waals surface area contributed by atoms with Crippen LogP contribution in [0.3, 0.4) is 0 Å². The summed E-state index contributed by atoms with van der Waals surface area (Å²) in [6.07, 6.45) is 5.21. The van der Waals surface area contributed by atoms with Gasteiger partial charge >= 0.3 is 0 Å². The minimum atomic E-state index is 0.407. The molecule has 3 nitrogen and oxygen atoms in total. The molecule has 3 heteroatoms. The minimum absolute atomic E-state index is 0.407. The minimum Gasteiger partial charge on any atom is -0.326 e. The maximum atomic E-state index is 6.31. The Balaban J connectivity index is 1.49. The third-order valence-electron chi connectivity index (χ3n) is 4.91. The van der Waals surface area contributed by atoms with Crippen molar-refractivity contribution in [3.05, 3.63) is 35.9 Å². The summed E-state index contributed by atoms with van der Waals surface area (Å²) in [5.74, 6) is 0. The highest BCUT2D eigenvalue weighted by molar-refractivity contribution is 5.14. The van der Waals surface area contributed by atoms with Crippen molar-refractivity contribution in [1.82, 2.24) is 9.80 Å². The van der Waals surface area contributed by atoms with Crippen molar-refractivity contribution < 1.29 is 0 Å². The summed E-state index contributed by atoms with van der Waals surface area (Å²) in [6, 6.07) is 11.9. The Morgan fingerprint density at radius 2 is 1.65 bits per heavy atom. The van der Waals surface area contributed by atoms with Gasteiger partial charge in [0, 0.05) is 44.8 Å². The molecule has 110 valence electrons. The van der Waals surface area contributed by atoms with Gasteiger partial charge in [-0.3, -0.25) is 9.80 Å². The van der Waals surface area contributed by atoms with Crippen molar-refractivity contribution in [2.75, 3.05) is 26.2 Å². The van der Waals surface area contributed by atoms with Crippen molar-refractivity contribution in [1.29, 1.82) is 0 Å². The SMILES string of the molecule is N[C@@H]1CCCC[C@H]1N1CCN(Cc2ccccc2)CC1. The monoisotopic (exact) mass is 273 g/mol. The molecular formula is C17H27N3. The Labute approximate surface area is 122 Å². The molecule has 0 radical (unpaired) electrons. The molecule has 20 heavy (non-hydrogen) atoms. The molecule has 0 aromatic heterocycles. The average molecular weight is 273 g/mol. The molecule has 2 atom stereocenters. The first-order valence-electron chi connectivity index (χ1n) is 8.09. The topological polar surface area (TPSA) is 32.5 Å². The van der Waals surface area contributed by atoms with Crippen LogP contribution in [0.4, 0.5) is 0 Å². The van der Waals surface area contributed by atoms with Crippen LogP contribution in [0.5, 0.6) is 0 Å². The molecule has 0 amide bonds. The molecule has 1 saturated heterocycles. The summed E-state index contributed by atoms with van der Waals surface area (Å²) >= 11 is 0. The van der Waals surface area contributed by atoms with Crippen molar-refractivity contribution in [3.63, 3.8) is 0 Å². The van der Waals surface area contributed by atoms with E-state index in [0.717, 1.165) is 6.54 Å². The fourth-order valence-electron chi connectivity index (χ4n) is 3.69. The summed E-state index contributed by atoms with van der Waals surface area (Å²) in [5.41, 5.74) is 7.74. The standard InChI is InChI=1S/C17H27N3/c18-16-8-4-5-9-17(16)20-12-10-19(11-13-20)14-15-6-2-1-3-7-15/h1-3,6-7,16-17H,4-5,8-14,18H2/t16-,17-/m1/s1. The molecule has 2 N–H and O–H groups in total. The second-order valence-corrected chi connectivity index (χ2v) is 6.31. The average Bonchev–Trinajstić information content (AvgIpc) is 2.50. The lowest BCUT2D eigenvalue weighted by molar-refractivity contribution is 0.0663. The third kappa shape index (κ3) is 3.40. The predicted octanol–water partition coefficient (Wildman–Crippen LogP) is 2.07. The van der Waals surface area contributed by atoms with Gasteiger partial charge in [0.2, 0.25) is 0 Å². The van der Waals surface area contributed by atoms with E-state index in [4.69, 9.17) is 5.73 Å². The highest BCUT2D eigenvalue weighted by atomic mass is 15.3. The Bertz CT molecular complexity index is 398. The molecule has 0 bridgehead atoms. The number of hydrogen-bond donors (Lipinski definition) is 1. The van der Waals surface area contributed by atoms with Gasteiger partial charge in [-0.1, -0.05) is 43.2 Å². The first-order chi connectivity index (χ1) is 9.83. The summed E-state index contributed by atoms with van der Waals surface area (Å²) in [6.45, 7) is 5.82.